The van der Waals surface area contributed by atoms with Crippen LogP contribution in [0.3, 0.4) is 0 Å². The fraction of sp³-hybridized carbons (Fsp3) is 0.375. The van der Waals surface area contributed by atoms with Crippen LogP contribution in [-0.2, 0) is 21.7 Å². The summed E-state index contributed by atoms with van der Waals surface area (Å²) >= 11 is 1.50. The van der Waals surface area contributed by atoms with Crippen molar-refractivity contribution in [2.24, 2.45) is 0 Å². The molecule has 176 valence electrons. The van der Waals surface area contributed by atoms with Crippen LogP contribution in [-0.4, -0.2) is 63.5 Å². The zero-order chi connectivity index (χ0) is 23.8. The number of halogens is 1. The number of benzene rings is 2. The topological polar surface area (TPSA) is 112 Å². The van der Waals surface area contributed by atoms with Gasteiger partial charge in [-0.05, 0) is 41.8 Å². The molecule has 0 radical (unpaired) electrons. The van der Waals surface area contributed by atoms with Gasteiger partial charge in [0.2, 0.25) is 5.79 Å². The summed E-state index contributed by atoms with van der Waals surface area (Å²) in [6.07, 6.45) is -3.50. The molecule has 0 saturated carbocycles. The van der Waals surface area contributed by atoms with E-state index in [0.29, 0.717) is 12.0 Å². The zero-order valence-electron chi connectivity index (χ0n) is 18.2. The molecule has 1 saturated heterocycles. The Hall–Kier alpha value is -2.24. The number of ether oxygens (including phenoxy) is 2. The van der Waals surface area contributed by atoms with Crippen LogP contribution in [0.15, 0.2) is 48.7 Å². The van der Waals surface area contributed by atoms with E-state index in [1.54, 1.807) is 30.5 Å². The summed E-state index contributed by atoms with van der Waals surface area (Å²) in [5.74, 6) is -2.06. The maximum Gasteiger partial charge on any atom is 0.224 e. The van der Waals surface area contributed by atoms with E-state index in [1.165, 1.54) is 30.6 Å². The van der Waals surface area contributed by atoms with Crippen molar-refractivity contribution in [1.82, 2.24) is 4.98 Å². The molecular formula is C24H26FNO6S. The van der Waals surface area contributed by atoms with Gasteiger partial charge in [0.15, 0.2) is 0 Å². The molecule has 2 aromatic carbocycles. The lowest BCUT2D eigenvalue weighted by Gasteiger charge is -2.47. The minimum atomic E-state index is -1.77. The largest absolute Gasteiger partial charge is 0.394 e. The molecular weight excluding hydrogens is 449 g/mol. The first kappa shape index (κ1) is 23.9. The molecule has 5 atom stereocenters. The van der Waals surface area contributed by atoms with Gasteiger partial charge in [0.05, 0.1) is 16.5 Å². The van der Waals surface area contributed by atoms with Gasteiger partial charge in [-0.3, -0.25) is 0 Å². The molecule has 1 aliphatic rings. The number of aromatic nitrogens is 1. The fourth-order valence-electron chi connectivity index (χ4n) is 4.05. The predicted molar refractivity (Wildman–Crippen MR) is 120 cm³/mol. The first-order chi connectivity index (χ1) is 15.8. The Balaban J connectivity index is 1.65. The van der Waals surface area contributed by atoms with E-state index in [-0.39, 0.29) is 5.82 Å². The second-order valence-corrected chi connectivity index (χ2v) is 9.19. The number of aliphatic hydroxyl groups is 4. The van der Waals surface area contributed by atoms with Gasteiger partial charge in [-0.1, -0.05) is 24.3 Å². The van der Waals surface area contributed by atoms with Crippen LogP contribution < -0.4 is 0 Å². The predicted octanol–water partition coefficient (Wildman–Crippen LogP) is 2.12. The number of aryl methyl sites for hydroxylation is 1. The number of hydrogen-bond acceptors (Lipinski definition) is 8. The molecule has 1 unspecified atom stereocenters. The van der Waals surface area contributed by atoms with E-state index in [0.717, 1.165) is 26.6 Å². The zero-order valence-corrected chi connectivity index (χ0v) is 19.0. The molecule has 0 aliphatic carbocycles. The van der Waals surface area contributed by atoms with Crippen LogP contribution >= 0.6 is 11.3 Å². The minimum Gasteiger partial charge on any atom is -0.394 e. The van der Waals surface area contributed by atoms with Gasteiger partial charge in [-0.15, -0.1) is 11.3 Å². The molecule has 7 nitrogen and oxygen atoms in total. The van der Waals surface area contributed by atoms with Gasteiger partial charge < -0.3 is 29.9 Å². The molecule has 1 fully saturated rings. The smallest absolute Gasteiger partial charge is 0.224 e. The van der Waals surface area contributed by atoms with Crippen molar-refractivity contribution in [1.29, 1.82) is 0 Å². The SMILES string of the molecule is COC1(c2ccc(C)c(Cc3ncc(-c4ccc(F)cc4)s3)c2)O[C@H](CO)[C@@H](O)[C@H](O)[C@H]1O. The van der Waals surface area contributed by atoms with E-state index in [9.17, 15) is 24.8 Å². The van der Waals surface area contributed by atoms with Gasteiger partial charge in [0.1, 0.15) is 30.2 Å². The molecule has 2 heterocycles. The van der Waals surface area contributed by atoms with Gasteiger partial charge in [-0.2, -0.15) is 0 Å². The summed E-state index contributed by atoms with van der Waals surface area (Å²) in [6.45, 7) is 1.39. The van der Waals surface area contributed by atoms with Crippen molar-refractivity contribution in [3.8, 4) is 10.4 Å². The van der Waals surface area contributed by atoms with Crippen molar-refractivity contribution >= 4 is 11.3 Å². The Labute approximate surface area is 194 Å². The Morgan fingerprint density at radius 2 is 1.85 bits per heavy atom. The van der Waals surface area contributed by atoms with Crippen LogP contribution in [0.5, 0.6) is 0 Å². The lowest BCUT2D eigenvalue weighted by molar-refractivity contribution is -0.366. The van der Waals surface area contributed by atoms with Gasteiger partial charge in [-0.25, -0.2) is 9.37 Å². The van der Waals surface area contributed by atoms with E-state index in [2.05, 4.69) is 4.98 Å². The van der Waals surface area contributed by atoms with Crippen molar-refractivity contribution in [3.05, 3.63) is 76.2 Å². The summed E-state index contributed by atoms with van der Waals surface area (Å²) < 4.78 is 24.6. The number of methoxy groups -OCH3 is 1. The molecule has 33 heavy (non-hydrogen) atoms. The number of aliphatic hydroxyl groups excluding tert-OH is 4. The van der Waals surface area contributed by atoms with Crippen LogP contribution in [0.25, 0.3) is 10.4 Å². The van der Waals surface area contributed by atoms with Crippen LogP contribution in [0.2, 0.25) is 0 Å². The molecule has 4 rings (SSSR count). The van der Waals surface area contributed by atoms with Crippen LogP contribution in [0.4, 0.5) is 4.39 Å². The number of rotatable bonds is 6. The monoisotopic (exact) mass is 475 g/mol. The first-order valence-electron chi connectivity index (χ1n) is 10.5. The third-order valence-corrected chi connectivity index (χ3v) is 7.08. The van der Waals surface area contributed by atoms with E-state index < -0.39 is 36.8 Å². The maximum absolute atomic E-state index is 13.2. The standard InChI is InChI=1S/C24H26FNO6S/c1-13-3-6-16(24(31-2)23(30)22(29)21(28)18(12-27)32-24)9-15(13)10-20-26-11-19(33-20)14-4-7-17(25)8-5-14/h3-9,11,18,21-23,27-30H,10,12H2,1-2H3/t18-,21-,22+,23-,24?/m1/s1. The first-order valence-corrected chi connectivity index (χ1v) is 11.3. The highest BCUT2D eigenvalue weighted by Gasteiger charge is 2.55. The Morgan fingerprint density at radius 1 is 1.12 bits per heavy atom. The quantitative estimate of drug-likeness (QED) is 0.432. The lowest BCUT2D eigenvalue weighted by atomic mass is 9.86. The molecule has 0 spiro atoms. The summed E-state index contributed by atoms with van der Waals surface area (Å²) in [6, 6.07) is 11.6. The number of nitrogens with zero attached hydrogens (tertiary/aromatic N) is 1. The normalized spacial score (nSPS) is 27.6. The molecule has 1 aliphatic heterocycles. The van der Waals surface area contributed by atoms with E-state index in [4.69, 9.17) is 9.47 Å². The Kier molecular flexibility index (Phi) is 6.92. The number of hydrogen-bond donors (Lipinski definition) is 4. The van der Waals surface area contributed by atoms with Crippen LogP contribution in [0.1, 0.15) is 21.7 Å². The third-order valence-electron chi connectivity index (χ3n) is 6.03. The van der Waals surface area contributed by atoms with Gasteiger partial charge >= 0.3 is 0 Å². The highest BCUT2D eigenvalue weighted by atomic mass is 32.1. The summed E-state index contributed by atoms with van der Waals surface area (Å²) in [7, 11) is 1.33. The average Bonchev–Trinajstić information content (AvgIpc) is 3.29. The van der Waals surface area contributed by atoms with E-state index in [1.807, 2.05) is 13.0 Å². The van der Waals surface area contributed by atoms with Crippen molar-refractivity contribution in [3.63, 3.8) is 0 Å². The number of thiazole rings is 1. The Morgan fingerprint density at radius 3 is 2.52 bits per heavy atom. The summed E-state index contributed by atoms with van der Waals surface area (Å²) in [4.78, 5) is 5.42. The highest BCUT2D eigenvalue weighted by molar-refractivity contribution is 7.15. The molecule has 0 amide bonds. The average molecular weight is 476 g/mol. The second kappa shape index (κ2) is 9.55. The molecule has 9 heteroatoms. The second-order valence-electron chi connectivity index (χ2n) is 8.08. The van der Waals surface area contributed by atoms with Crippen LogP contribution in [0, 0.1) is 12.7 Å². The molecule has 1 aromatic heterocycles. The highest BCUT2D eigenvalue weighted by Crippen LogP contribution is 2.40. The van der Waals surface area contributed by atoms with Crippen molar-refractivity contribution < 1.29 is 34.3 Å². The maximum atomic E-state index is 13.2. The lowest BCUT2D eigenvalue weighted by Crippen LogP contribution is -2.64. The fourth-order valence-corrected chi connectivity index (χ4v) is 4.99. The van der Waals surface area contributed by atoms with Crippen molar-refractivity contribution in [2.75, 3.05) is 13.7 Å². The van der Waals surface area contributed by atoms with Crippen molar-refractivity contribution in [2.45, 2.75) is 43.5 Å². The summed E-state index contributed by atoms with van der Waals surface area (Å²) in [5, 5.41) is 41.6. The molecule has 3 aromatic rings. The summed E-state index contributed by atoms with van der Waals surface area (Å²) in [5.41, 5.74) is 3.21. The van der Waals surface area contributed by atoms with Gasteiger partial charge in [0, 0.05) is 25.3 Å². The van der Waals surface area contributed by atoms with E-state index >= 15 is 0 Å². The third kappa shape index (κ3) is 4.45. The Bertz CT molecular complexity index is 1100. The molecule has 4 N–H and O–H groups in total. The minimum absolute atomic E-state index is 0.295. The van der Waals surface area contributed by atoms with Gasteiger partial charge in [0.25, 0.3) is 0 Å². The molecule has 0 bridgehead atoms.